The largest absolute Gasteiger partial charge is 0.379 e. The van der Waals surface area contributed by atoms with Crippen molar-refractivity contribution in [2.45, 2.75) is 39.2 Å². The standard InChI is InChI=1S/C21H39N5OS.HI/c1-4-10-25(11-5-2)12-7-9-23-21(22-3)24-18-19(20-8-6-17-28-20)26-13-15-27-16-14-26;/h6,8,17,19H,4-5,7,9-16,18H2,1-3H3,(H2,22,23,24);1H. The molecule has 0 aliphatic carbocycles. The molecule has 1 atom stereocenters. The first-order chi connectivity index (χ1) is 13.8. The lowest BCUT2D eigenvalue weighted by Gasteiger charge is -2.34. The van der Waals surface area contributed by atoms with E-state index in [-0.39, 0.29) is 24.0 Å². The Hall–Kier alpha value is -0.420. The molecule has 2 heterocycles. The van der Waals surface area contributed by atoms with Crippen LogP contribution in [0.2, 0.25) is 0 Å². The van der Waals surface area contributed by atoms with Gasteiger partial charge in [-0.25, -0.2) is 0 Å². The van der Waals surface area contributed by atoms with Gasteiger partial charge in [-0.2, -0.15) is 0 Å². The van der Waals surface area contributed by atoms with Crippen molar-refractivity contribution in [3.8, 4) is 0 Å². The fourth-order valence-electron chi connectivity index (χ4n) is 3.67. The molecule has 168 valence electrons. The van der Waals surface area contributed by atoms with E-state index in [0.29, 0.717) is 6.04 Å². The predicted octanol–water partition coefficient (Wildman–Crippen LogP) is 3.42. The van der Waals surface area contributed by atoms with Crippen LogP contribution in [0.1, 0.15) is 44.0 Å². The zero-order chi connectivity index (χ0) is 20.0. The summed E-state index contributed by atoms with van der Waals surface area (Å²) in [5.41, 5.74) is 0. The molecule has 0 aromatic carbocycles. The van der Waals surface area contributed by atoms with Crippen LogP contribution in [0.25, 0.3) is 0 Å². The number of morpholine rings is 1. The van der Waals surface area contributed by atoms with Gasteiger partial charge in [-0.05, 0) is 50.3 Å². The quantitative estimate of drug-likeness (QED) is 0.185. The second-order valence-corrected chi connectivity index (χ2v) is 8.23. The minimum atomic E-state index is 0. The van der Waals surface area contributed by atoms with Gasteiger partial charge in [0.15, 0.2) is 5.96 Å². The Kier molecular flexibility index (Phi) is 15.0. The number of rotatable bonds is 12. The lowest BCUT2D eigenvalue weighted by Crippen LogP contribution is -2.46. The second-order valence-electron chi connectivity index (χ2n) is 7.25. The average Bonchev–Trinajstić information content (AvgIpc) is 3.25. The molecule has 1 aliphatic rings. The zero-order valence-electron chi connectivity index (χ0n) is 18.4. The normalized spacial score (nSPS) is 16.5. The van der Waals surface area contributed by atoms with Gasteiger partial charge in [0.05, 0.1) is 19.3 Å². The van der Waals surface area contributed by atoms with Crippen molar-refractivity contribution in [1.29, 1.82) is 0 Å². The van der Waals surface area contributed by atoms with Gasteiger partial charge in [0, 0.05) is 38.1 Å². The average molecular weight is 538 g/mol. The molecule has 1 aromatic heterocycles. The molecule has 6 nitrogen and oxygen atoms in total. The molecule has 0 bridgehead atoms. The van der Waals surface area contributed by atoms with Gasteiger partial charge in [0.1, 0.15) is 0 Å². The van der Waals surface area contributed by atoms with Crippen molar-refractivity contribution >= 4 is 41.3 Å². The maximum absolute atomic E-state index is 5.53. The van der Waals surface area contributed by atoms with Crippen molar-refractivity contribution in [1.82, 2.24) is 20.4 Å². The highest BCUT2D eigenvalue weighted by Gasteiger charge is 2.23. The Balaban J connectivity index is 0.00000420. The third-order valence-electron chi connectivity index (χ3n) is 5.07. The second kappa shape index (κ2) is 16.3. The van der Waals surface area contributed by atoms with Crippen molar-refractivity contribution < 1.29 is 4.74 Å². The van der Waals surface area contributed by atoms with E-state index in [0.717, 1.165) is 58.3 Å². The molecule has 8 heteroatoms. The van der Waals surface area contributed by atoms with Gasteiger partial charge in [0.25, 0.3) is 0 Å². The van der Waals surface area contributed by atoms with Crippen LogP contribution in [-0.4, -0.2) is 81.8 Å². The Morgan fingerprint density at radius 1 is 1.21 bits per heavy atom. The molecule has 2 rings (SSSR count). The first-order valence-corrected chi connectivity index (χ1v) is 11.7. The number of nitrogens with one attached hydrogen (secondary N) is 2. The van der Waals surface area contributed by atoms with E-state index in [1.165, 1.54) is 30.8 Å². The van der Waals surface area contributed by atoms with Crippen LogP contribution in [0.15, 0.2) is 22.5 Å². The van der Waals surface area contributed by atoms with Gasteiger partial charge in [-0.3, -0.25) is 9.89 Å². The fraction of sp³-hybridized carbons (Fsp3) is 0.762. The van der Waals surface area contributed by atoms with Gasteiger partial charge in [-0.1, -0.05) is 19.9 Å². The first-order valence-electron chi connectivity index (χ1n) is 10.8. The summed E-state index contributed by atoms with van der Waals surface area (Å²) in [6.07, 6.45) is 3.59. The van der Waals surface area contributed by atoms with E-state index in [9.17, 15) is 0 Å². The maximum Gasteiger partial charge on any atom is 0.191 e. The highest BCUT2D eigenvalue weighted by molar-refractivity contribution is 14.0. The van der Waals surface area contributed by atoms with Gasteiger partial charge >= 0.3 is 0 Å². The summed E-state index contributed by atoms with van der Waals surface area (Å²) in [7, 11) is 1.85. The number of halogens is 1. The lowest BCUT2D eigenvalue weighted by atomic mass is 10.2. The Morgan fingerprint density at radius 2 is 1.93 bits per heavy atom. The summed E-state index contributed by atoms with van der Waals surface area (Å²) in [4.78, 5) is 10.9. The van der Waals surface area contributed by atoms with Crippen molar-refractivity contribution in [2.75, 3.05) is 66.1 Å². The summed E-state index contributed by atoms with van der Waals surface area (Å²) in [6.45, 7) is 13.5. The van der Waals surface area contributed by atoms with Crippen LogP contribution in [-0.2, 0) is 4.74 Å². The Bertz CT molecular complexity index is 531. The van der Waals surface area contributed by atoms with E-state index in [4.69, 9.17) is 4.74 Å². The molecule has 0 spiro atoms. The number of ether oxygens (including phenoxy) is 1. The molecule has 1 aliphatic heterocycles. The topological polar surface area (TPSA) is 52.1 Å². The zero-order valence-corrected chi connectivity index (χ0v) is 21.5. The summed E-state index contributed by atoms with van der Waals surface area (Å²) in [6, 6.07) is 4.74. The van der Waals surface area contributed by atoms with Gasteiger partial charge < -0.3 is 20.3 Å². The third-order valence-corrected chi connectivity index (χ3v) is 6.04. The number of hydrogen-bond donors (Lipinski definition) is 2. The van der Waals surface area contributed by atoms with E-state index in [1.54, 1.807) is 0 Å². The monoisotopic (exact) mass is 537 g/mol. The number of guanidine groups is 1. The number of thiophene rings is 1. The molecule has 1 fully saturated rings. The number of aliphatic imine (C=N–C) groups is 1. The summed E-state index contributed by atoms with van der Waals surface area (Å²) in [5.74, 6) is 0.896. The molecule has 1 aromatic rings. The molecular formula is C21H40IN5OS. The highest BCUT2D eigenvalue weighted by atomic mass is 127. The lowest BCUT2D eigenvalue weighted by molar-refractivity contribution is 0.0177. The molecule has 0 radical (unpaired) electrons. The van der Waals surface area contributed by atoms with E-state index < -0.39 is 0 Å². The van der Waals surface area contributed by atoms with Crippen LogP contribution < -0.4 is 10.6 Å². The fourth-order valence-corrected chi connectivity index (χ4v) is 4.53. The minimum absolute atomic E-state index is 0. The summed E-state index contributed by atoms with van der Waals surface area (Å²) < 4.78 is 5.53. The van der Waals surface area contributed by atoms with Crippen molar-refractivity contribution in [3.05, 3.63) is 22.4 Å². The Labute approximate surface area is 198 Å². The third kappa shape index (κ3) is 9.95. The summed E-state index contributed by atoms with van der Waals surface area (Å²) >= 11 is 1.83. The maximum atomic E-state index is 5.53. The molecular weight excluding hydrogens is 497 g/mol. The van der Waals surface area contributed by atoms with Gasteiger partial charge in [-0.15, -0.1) is 35.3 Å². The molecule has 1 unspecified atom stereocenters. The van der Waals surface area contributed by atoms with E-state index in [2.05, 4.69) is 56.8 Å². The van der Waals surface area contributed by atoms with Crippen LogP contribution in [0.5, 0.6) is 0 Å². The van der Waals surface area contributed by atoms with E-state index in [1.807, 2.05) is 18.4 Å². The SMILES string of the molecule is CCCN(CCC)CCCNC(=NC)NCC(c1cccs1)N1CCOCC1.I. The van der Waals surface area contributed by atoms with E-state index >= 15 is 0 Å². The predicted molar refractivity (Wildman–Crippen MR) is 136 cm³/mol. The van der Waals surface area contributed by atoms with Crippen LogP contribution in [0, 0.1) is 0 Å². The first kappa shape index (κ1) is 26.6. The molecule has 29 heavy (non-hydrogen) atoms. The molecule has 0 saturated carbocycles. The number of nitrogens with zero attached hydrogens (tertiary/aromatic N) is 3. The molecule has 2 N–H and O–H groups in total. The van der Waals surface area contributed by atoms with Crippen LogP contribution in [0.3, 0.4) is 0 Å². The highest BCUT2D eigenvalue weighted by Crippen LogP contribution is 2.25. The van der Waals surface area contributed by atoms with Crippen molar-refractivity contribution in [2.24, 2.45) is 4.99 Å². The van der Waals surface area contributed by atoms with Crippen LogP contribution in [0.4, 0.5) is 0 Å². The van der Waals surface area contributed by atoms with Crippen LogP contribution >= 0.6 is 35.3 Å². The summed E-state index contributed by atoms with van der Waals surface area (Å²) in [5, 5.41) is 9.19. The molecule has 0 amide bonds. The number of hydrogen-bond acceptors (Lipinski definition) is 5. The minimum Gasteiger partial charge on any atom is -0.379 e. The van der Waals surface area contributed by atoms with Crippen molar-refractivity contribution in [3.63, 3.8) is 0 Å². The molecule has 1 saturated heterocycles. The van der Waals surface area contributed by atoms with Gasteiger partial charge in [0.2, 0.25) is 0 Å². The Morgan fingerprint density at radius 3 is 2.52 bits per heavy atom. The smallest absolute Gasteiger partial charge is 0.191 e.